The molecule has 2 heterocycles. The van der Waals surface area contributed by atoms with Gasteiger partial charge in [-0.25, -0.2) is 0 Å². The molecule has 0 radical (unpaired) electrons. The largest absolute Gasteiger partial charge is 0.337 e. The van der Waals surface area contributed by atoms with Gasteiger partial charge in [0.1, 0.15) is 0 Å². The predicted octanol–water partition coefficient (Wildman–Crippen LogP) is 3.46. The summed E-state index contributed by atoms with van der Waals surface area (Å²) in [4.78, 5) is 17.3. The summed E-state index contributed by atoms with van der Waals surface area (Å²) in [5, 5.41) is 0. The summed E-state index contributed by atoms with van der Waals surface area (Å²) in [6.07, 6.45) is 5.11. The van der Waals surface area contributed by atoms with Gasteiger partial charge in [-0.3, -0.25) is 9.69 Å². The predicted molar refractivity (Wildman–Crippen MR) is 88.6 cm³/mol. The molecule has 2 saturated heterocycles. The molecule has 0 aromatic heterocycles. The van der Waals surface area contributed by atoms with Crippen LogP contribution in [0, 0.1) is 6.92 Å². The van der Waals surface area contributed by atoms with Gasteiger partial charge in [-0.1, -0.05) is 18.6 Å². The van der Waals surface area contributed by atoms with Crippen molar-refractivity contribution in [2.45, 2.75) is 38.6 Å². The minimum absolute atomic E-state index is 0.171. The Balaban J connectivity index is 1.68. The molecule has 3 rings (SSSR count). The summed E-state index contributed by atoms with van der Waals surface area (Å²) in [6, 6.07) is 6.48. The number of rotatable bonds is 2. The van der Waals surface area contributed by atoms with Crippen molar-refractivity contribution in [2.75, 3.05) is 26.2 Å². The van der Waals surface area contributed by atoms with E-state index in [4.69, 9.17) is 0 Å². The Bertz CT molecular complexity index is 526. The van der Waals surface area contributed by atoms with Crippen molar-refractivity contribution in [1.82, 2.24) is 9.80 Å². The molecule has 0 saturated carbocycles. The first-order chi connectivity index (χ1) is 10.2. The Morgan fingerprint density at radius 2 is 1.95 bits per heavy atom. The Kier molecular flexibility index (Phi) is 4.65. The normalized spacial score (nSPS) is 23.5. The summed E-state index contributed by atoms with van der Waals surface area (Å²) in [7, 11) is 0. The number of carbonyl (C=O) groups excluding carboxylic acids is 1. The van der Waals surface area contributed by atoms with Gasteiger partial charge in [-0.05, 0) is 66.8 Å². The molecule has 1 aromatic carbocycles. The second kappa shape index (κ2) is 6.49. The number of amides is 1. The second-order valence-corrected chi connectivity index (χ2v) is 7.02. The van der Waals surface area contributed by atoms with Gasteiger partial charge >= 0.3 is 0 Å². The fraction of sp³-hybridized carbons (Fsp3) is 0.588. The molecule has 2 aliphatic heterocycles. The SMILES string of the molecule is Cc1cccc(C(=O)N2CCC(N3CCCCC3)C2)c1Br. The van der Waals surface area contributed by atoms with Crippen LogP contribution in [-0.2, 0) is 0 Å². The highest BCUT2D eigenvalue weighted by molar-refractivity contribution is 9.10. The zero-order valence-corrected chi connectivity index (χ0v) is 14.2. The van der Waals surface area contributed by atoms with Crippen molar-refractivity contribution >= 4 is 21.8 Å². The zero-order chi connectivity index (χ0) is 14.8. The third-order valence-electron chi connectivity index (χ3n) is 4.78. The standard InChI is InChI=1S/C17H23BrN2O/c1-13-6-5-7-15(16(13)18)17(21)20-11-8-14(12-20)19-9-3-2-4-10-19/h5-7,14H,2-4,8-12H2,1H3. The first kappa shape index (κ1) is 15.0. The number of hydrogen-bond acceptors (Lipinski definition) is 2. The Labute approximate surface area is 135 Å². The van der Waals surface area contributed by atoms with Crippen molar-refractivity contribution in [3.05, 3.63) is 33.8 Å². The number of halogens is 1. The van der Waals surface area contributed by atoms with Crippen molar-refractivity contribution in [3.8, 4) is 0 Å². The van der Waals surface area contributed by atoms with Crippen molar-refractivity contribution in [3.63, 3.8) is 0 Å². The van der Waals surface area contributed by atoms with E-state index in [1.807, 2.05) is 30.0 Å². The zero-order valence-electron chi connectivity index (χ0n) is 12.6. The van der Waals surface area contributed by atoms with E-state index in [9.17, 15) is 4.79 Å². The van der Waals surface area contributed by atoms with E-state index in [0.29, 0.717) is 6.04 Å². The first-order valence-corrected chi connectivity index (χ1v) is 8.74. The van der Waals surface area contributed by atoms with Gasteiger partial charge in [0, 0.05) is 23.6 Å². The van der Waals surface area contributed by atoms with E-state index in [0.717, 1.165) is 35.1 Å². The molecule has 3 nitrogen and oxygen atoms in total. The van der Waals surface area contributed by atoms with Crippen molar-refractivity contribution < 1.29 is 4.79 Å². The third kappa shape index (κ3) is 3.16. The lowest BCUT2D eigenvalue weighted by molar-refractivity contribution is 0.0770. The minimum atomic E-state index is 0.171. The molecule has 0 spiro atoms. The average molecular weight is 351 g/mol. The highest BCUT2D eigenvalue weighted by Gasteiger charge is 2.31. The van der Waals surface area contributed by atoms with Crippen LogP contribution in [0.5, 0.6) is 0 Å². The number of benzene rings is 1. The van der Waals surface area contributed by atoms with Crippen molar-refractivity contribution in [2.24, 2.45) is 0 Å². The maximum atomic E-state index is 12.7. The van der Waals surface area contributed by atoms with E-state index >= 15 is 0 Å². The lowest BCUT2D eigenvalue weighted by Crippen LogP contribution is -2.41. The quantitative estimate of drug-likeness (QED) is 0.815. The molecular formula is C17H23BrN2O. The fourth-order valence-electron chi connectivity index (χ4n) is 3.49. The molecule has 114 valence electrons. The number of aryl methyl sites for hydroxylation is 1. The molecule has 0 bridgehead atoms. The van der Waals surface area contributed by atoms with E-state index in [-0.39, 0.29) is 5.91 Å². The number of nitrogens with zero attached hydrogens (tertiary/aromatic N) is 2. The van der Waals surface area contributed by atoms with Crippen LogP contribution in [0.1, 0.15) is 41.6 Å². The summed E-state index contributed by atoms with van der Waals surface area (Å²) in [5.41, 5.74) is 1.92. The lowest BCUT2D eigenvalue weighted by atomic mass is 10.1. The van der Waals surface area contributed by atoms with Crippen LogP contribution in [0.3, 0.4) is 0 Å². The molecule has 0 aliphatic carbocycles. The highest BCUT2D eigenvalue weighted by Crippen LogP contribution is 2.26. The molecule has 1 atom stereocenters. The third-order valence-corrected chi connectivity index (χ3v) is 5.83. The Morgan fingerprint density at radius 1 is 1.19 bits per heavy atom. The summed E-state index contributed by atoms with van der Waals surface area (Å²) < 4.78 is 0.941. The van der Waals surface area contributed by atoms with Gasteiger partial charge in [0.25, 0.3) is 5.91 Å². The first-order valence-electron chi connectivity index (χ1n) is 7.95. The maximum absolute atomic E-state index is 12.7. The van der Waals surface area contributed by atoms with Gasteiger partial charge in [-0.2, -0.15) is 0 Å². The fourth-order valence-corrected chi connectivity index (χ4v) is 3.92. The molecule has 2 aliphatic rings. The average Bonchev–Trinajstić information content (AvgIpc) is 3.00. The molecular weight excluding hydrogens is 328 g/mol. The molecule has 21 heavy (non-hydrogen) atoms. The van der Waals surface area contributed by atoms with E-state index < -0.39 is 0 Å². The van der Waals surface area contributed by atoms with Crippen LogP contribution in [0.25, 0.3) is 0 Å². The second-order valence-electron chi connectivity index (χ2n) is 6.23. The smallest absolute Gasteiger partial charge is 0.255 e. The Hall–Kier alpha value is -0.870. The van der Waals surface area contributed by atoms with Crippen LogP contribution in [0.2, 0.25) is 0 Å². The van der Waals surface area contributed by atoms with Gasteiger partial charge < -0.3 is 4.90 Å². The Morgan fingerprint density at radius 3 is 2.71 bits per heavy atom. The van der Waals surface area contributed by atoms with Gasteiger partial charge in [-0.15, -0.1) is 0 Å². The number of hydrogen-bond donors (Lipinski definition) is 0. The molecule has 1 aromatic rings. The highest BCUT2D eigenvalue weighted by atomic mass is 79.9. The molecule has 1 unspecified atom stereocenters. The van der Waals surface area contributed by atoms with E-state index in [2.05, 4.69) is 20.8 Å². The number of carbonyl (C=O) groups is 1. The van der Waals surface area contributed by atoms with Crippen LogP contribution in [0.15, 0.2) is 22.7 Å². The van der Waals surface area contributed by atoms with Gasteiger partial charge in [0.2, 0.25) is 0 Å². The molecule has 1 amide bonds. The molecule has 0 N–H and O–H groups in total. The summed E-state index contributed by atoms with van der Waals surface area (Å²) in [5.74, 6) is 0.171. The van der Waals surface area contributed by atoms with E-state index in [1.54, 1.807) is 0 Å². The van der Waals surface area contributed by atoms with Crippen molar-refractivity contribution in [1.29, 1.82) is 0 Å². The minimum Gasteiger partial charge on any atom is -0.337 e. The summed E-state index contributed by atoms with van der Waals surface area (Å²) >= 11 is 3.56. The summed E-state index contributed by atoms with van der Waals surface area (Å²) in [6.45, 7) is 6.22. The van der Waals surface area contributed by atoms with Crippen LogP contribution in [0.4, 0.5) is 0 Å². The number of likely N-dealkylation sites (tertiary alicyclic amines) is 2. The number of piperidine rings is 1. The molecule has 4 heteroatoms. The monoisotopic (exact) mass is 350 g/mol. The maximum Gasteiger partial charge on any atom is 0.255 e. The van der Waals surface area contributed by atoms with Crippen LogP contribution < -0.4 is 0 Å². The molecule has 2 fully saturated rings. The van der Waals surface area contributed by atoms with E-state index in [1.165, 1.54) is 32.4 Å². The van der Waals surface area contributed by atoms with Gasteiger partial charge in [0.15, 0.2) is 0 Å². The lowest BCUT2D eigenvalue weighted by Gasteiger charge is -2.32. The topological polar surface area (TPSA) is 23.6 Å². The van der Waals surface area contributed by atoms with Gasteiger partial charge in [0.05, 0.1) is 5.56 Å². The van der Waals surface area contributed by atoms with Crippen LogP contribution >= 0.6 is 15.9 Å². The van der Waals surface area contributed by atoms with Crippen LogP contribution in [-0.4, -0.2) is 47.9 Å².